The summed E-state index contributed by atoms with van der Waals surface area (Å²) in [6, 6.07) is 18.0. The van der Waals surface area contributed by atoms with Crippen LogP contribution in [0.3, 0.4) is 0 Å². The van der Waals surface area contributed by atoms with E-state index in [1.54, 1.807) is 0 Å². The van der Waals surface area contributed by atoms with Crippen molar-refractivity contribution in [3.63, 3.8) is 0 Å². The molecule has 2 aromatic carbocycles. The summed E-state index contributed by atoms with van der Waals surface area (Å²) in [6.45, 7) is 0. The van der Waals surface area contributed by atoms with E-state index in [0.717, 1.165) is 5.69 Å². The van der Waals surface area contributed by atoms with Crippen LogP contribution in [-0.2, 0) is 0 Å². The van der Waals surface area contributed by atoms with Crippen LogP contribution in [0.25, 0.3) is 0 Å². The van der Waals surface area contributed by atoms with E-state index in [0.29, 0.717) is 12.0 Å². The van der Waals surface area contributed by atoms with Gasteiger partial charge in [0.15, 0.2) is 0 Å². The van der Waals surface area contributed by atoms with E-state index in [-0.39, 0.29) is 5.82 Å². The number of benzene rings is 2. The molecule has 0 atom stereocenters. The summed E-state index contributed by atoms with van der Waals surface area (Å²) in [5.74, 6) is 0.519. The summed E-state index contributed by atoms with van der Waals surface area (Å²) in [4.78, 5) is 0. The summed E-state index contributed by atoms with van der Waals surface area (Å²) in [5.41, 5.74) is 2.49. The first-order valence-corrected chi connectivity index (χ1v) is 7.38. The van der Waals surface area contributed by atoms with E-state index >= 15 is 0 Å². The molecule has 104 valence electrons. The Morgan fingerprint density at radius 3 is 2.10 bits per heavy atom. The molecular weight excluding hydrogens is 249 g/mol. The molecule has 0 heterocycles. The van der Waals surface area contributed by atoms with Gasteiger partial charge in [0.2, 0.25) is 0 Å². The van der Waals surface area contributed by atoms with Crippen molar-refractivity contribution < 1.29 is 4.39 Å². The monoisotopic (exact) mass is 269 g/mol. The molecule has 1 N–H and O–H groups in total. The zero-order valence-corrected chi connectivity index (χ0v) is 11.6. The van der Waals surface area contributed by atoms with Crippen molar-refractivity contribution in [2.45, 2.75) is 37.6 Å². The Hall–Kier alpha value is -1.83. The van der Waals surface area contributed by atoms with Gasteiger partial charge in [0.25, 0.3) is 0 Å². The second-order valence-electron chi connectivity index (χ2n) is 5.61. The average Bonchev–Trinajstić information content (AvgIpc) is 2.51. The van der Waals surface area contributed by atoms with Gasteiger partial charge in [0.05, 0.1) is 0 Å². The van der Waals surface area contributed by atoms with Crippen LogP contribution in [0.2, 0.25) is 0 Å². The maximum atomic E-state index is 12.9. The fourth-order valence-electron chi connectivity index (χ4n) is 3.08. The Balaban J connectivity index is 1.55. The molecule has 0 aromatic heterocycles. The summed E-state index contributed by atoms with van der Waals surface area (Å²) in [6.07, 6.45) is 4.81. The van der Waals surface area contributed by atoms with E-state index in [4.69, 9.17) is 0 Å². The van der Waals surface area contributed by atoms with E-state index in [9.17, 15) is 4.39 Å². The van der Waals surface area contributed by atoms with Crippen molar-refractivity contribution in [1.82, 2.24) is 0 Å². The minimum Gasteiger partial charge on any atom is -0.382 e. The third-order valence-electron chi connectivity index (χ3n) is 4.21. The molecule has 1 saturated carbocycles. The fraction of sp³-hybridized carbons (Fsp3) is 0.333. The molecule has 1 aliphatic carbocycles. The number of nitrogens with one attached hydrogen (secondary N) is 1. The van der Waals surface area contributed by atoms with Gasteiger partial charge in [0, 0.05) is 11.7 Å². The van der Waals surface area contributed by atoms with Crippen LogP contribution in [0, 0.1) is 5.82 Å². The van der Waals surface area contributed by atoms with Crippen LogP contribution in [0.15, 0.2) is 54.6 Å². The zero-order chi connectivity index (χ0) is 13.8. The first kappa shape index (κ1) is 13.2. The van der Waals surface area contributed by atoms with Crippen LogP contribution in [-0.4, -0.2) is 6.04 Å². The number of hydrogen-bond donors (Lipinski definition) is 1. The van der Waals surface area contributed by atoms with Crippen molar-refractivity contribution >= 4 is 5.69 Å². The molecule has 0 spiro atoms. The van der Waals surface area contributed by atoms with E-state index in [1.165, 1.54) is 43.4 Å². The normalized spacial score (nSPS) is 22.4. The third kappa shape index (κ3) is 3.19. The van der Waals surface area contributed by atoms with E-state index in [1.807, 2.05) is 12.1 Å². The number of rotatable bonds is 3. The van der Waals surface area contributed by atoms with E-state index < -0.39 is 0 Å². The fourth-order valence-corrected chi connectivity index (χ4v) is 3.08. The first-order chi connectivity index (χ1) is 9.81. The Morgan fingerprint density at radius 1 is 0.800 bits per heavy atom. The SMILES string of the molecule is Fc1ccc(NC2CCC(c3ccccc3)CC2)cc1. The van der Waals surface area contributed by atoms with Crippen molar-refractivity contribution in [2.75, 3.05) is 5.32 Å². The van der Waals surface area contributed by atoms with Gasteiger partial charge in [-0.15, -0.1) is 0 Å². The lowest BCUT2D eigenvalue weighted by atomic mass is 9.82. The lowest BCUT2D eigenvalue weighted by Crippen LogP contribution is -2.25. The van der Waals surface area contributed by atoms with Crippen LogP contribution in [0.1, 0.15) is 37.2 Å². The van der Waals surface area contributed by atoms with Crippen molar-refractivity contribution in [1.29, 1.82) is 0 Å². The van der Waals surface area contributed by atoms with Crippen molar-refractivity contribution in [2.24, 2.45) is 0 Å². The zero-order valence-electron chi connectivity index (χ0n) is 11.6. The highest BCUT2D eigenvalue weighted by Crippen LogP contribution is 2.33. The van der Waals surface area contributed by atoms with Gasteiger partial charge in [-0.2, -0.15) is 0 Å². The average molecular weight is 269 g/mol. The molecule has 0 saturated heterocycles. The summed E-state index contributed by atoms with van der Waals surface area (Å²) in [5, 5.41) is 3.51. The number of hydrogen-bond acceptors (Lipinski definition) is 1. The second kappa shape index (κ2) is 6.08. The highest BCUT2D eigenvalue weighted by atomic mass is 19.1. The summed E-state index contributed by atoms with van der Waals surface area (Å²) < 4.78 is 12.9. The summed E-state index contributed by atoms with van der Waals surface area (Å²) in [7, 11) is 0. The van der Waals surface area contributed by atoms with Gasteiger partial charge in [-0.3, -0.25) is 0 Å². The third-order valence-corrected chi connectivity index (χ3v) is 4.21. The molecule has 1 nitrogen and oxygen atoms in total. The minimum atomic E-state index is -0.177. The van der Waals surface area contributed by atoms with E-state index in [2.05, 4.69) is 35.6 Å². The van der Waals surface area contributed by atoms with Gasteiger partial charge in [-0.1, -0.05) is 30.3 Å². The largest absolute Gasteiger partial charge is 0.382 e. The molecular formula is C18H20FN. The van der Waals surface area contributed by atoms with Gasteiger partial charge in [0.1, 0.15) is 5.82 Å². The molecule has 1 fully saturated rings. The highest BCUT2D eigenvalue weighted by Gasteiger charge is 2.21. The molecule has 3 rings (SSSR count). The maximum absolute atomic E-state index is 12.9. The standard InChI is InChI=1S/C18H20FN/c19-16-8-12-18(13-9-16)20-17-10-6-15(7-11-17)14-4-2-1-3-5-14/h1-5,8-9,12-13,15,17,20H,6-7,10-11H2. The smallest absolute Gasteiger partial charge is 0.123 e. The van der Waals surface area contributed by atoms with Crippen LogP contribution < -0.4 is 5.32 Å². The highest BCUT2D eigenvalue weighted by molar-refractivity contribution is 5.43. The quantitative estimate of drug-likeness (QED) is 0.830. The maximum Gasteiger partial charge on any atom is 0.123 e. The molecule has 20 heavy (non-hydrogen) atoms. The van der Waals surface area contributed by atoms with Crippen molar-refractivity contribution in [3.8, 4) is 0 Å². The lowest BCUT2D eigenvalue weighted by molar-refractivity contribution is 0.412. The Morgan fingerprint density at radius 2 is 1.45 bits per heavy atom. The van der Waals surface area contributed by atoms with Gasteiger partial charge < -0.3 is 5.32 Å². The molecule has 1 aliphatic rings. The first-order valence-electron chi connectivity index (χ1n) is 7.38. The van der Waals surface area contributed by atoms with Gasteiger partial charge in [-0.25, -0.2) is 4.39 Å². The second-order valence-corrected chi connectivity index (χ2v) is 5.61. The lowest BCUT2D eigenvalue weighted by Gasteiger charge is -2.30. The molecule has 0 radical (unpaired) electrons. The molecule has 2 aromatic rings. The number of anilines is 1. The summed E-state index contributed by atoms with van der Waals surface area (Å²) >= 11 is 0. The van der Waals surface area contributed by atoms with Gasteiger partial charge in [-0.05, 0) is 61.4 Å². The van der Waals surface area contributed by atoms with Crippen LogP contribution in [0.5, 0.6) is 0 Å². The topological polar surface area (TPSA) is 12.0 Å². The molecule has 0 aliphatic heterocycles. The molecule has 0 bridgehead atoms. The van der Waals surface area contributed by atoms with Gasteiger partial charge >= 0.3 is 0 Å². The predicted octanol–water partition coefficient (Wildman–Crippen LogP) is 4.96. The Bertz CT molecular complexity index is 527. The molecule has 0 amide bonds. The predicted molar refractivity (Wildman–Crippen MR) is 81.5 cm³/mol. The van der Waals surface area contributed by atoms with Crippen LogP contribution in [0.4, 0.5) is 10.1 Å². The van der Waals surface area contributed by atoms with Crippen LogP contribution >= 0.6 is 0 Å². The Kier molecular flexibility index (Phi) is 4.00. The molecule has 0 unspecified atom stereocenters. The molecule has 2 heteroatoms. The Labute approximate surface area is 119 Å². The number of halogens is 1. The minimum absolute atomic E-state index is 0.177. The van der Waals surface area contributed by atoms with Crippen molar-refractivity contribution in [3.05, 3.63) is 66.0 Å².